The van der Waals surface area contributed by atoms with Gasteiger partial charge in [-0.3, -0.25) is 19.0 Å². The van der Waals surface area contributed by atoms with Gasteiger partial charge in [-0.1, -0.05) is 194 Å². The van der Waals surface area contributed by atoms with Crippen molar-refractivity contribution in [3.8, 4) is 11.8 Å². The van der Waals surface area contributed by atoms with Crippen LogP contribution < -0.4 is 0 Å². The van der Waals surface area contributed by atoms with Crippen molar-refractivity contribution in [2.75, 3.05) is 0 Å². The first-order valence-electron chi connectivity index (χ1n) is 22.0. The van der Waals surface area contributed by atoms with Crippen molar-refractivity contribution in [3.63, 3.8) is 0 Å². The molecule has 52 heavy (non-hydrogen) atoms. The van der Waals surface area contributed by atoms with Gasteiger partial charge in [0, 0.05) is 31.4 Å². The number of ketones is 3. The molecule has 0 fully saturated rings. The Bertz CT molecular complexity index is 1040. The van der Waals surface area contributed by atoms with E-state index < -0.39 is 34.6 Å². The van der Waals surface area contributed by atoms with Crippen LogP contribution in [0.4, 0.5) is 0 Å². The molecular weight excluding hydrogens is 650 g/mol. The Kier molecular flexibility index (Phi) is 29.3. The Morgan fingerprint density at radius 2 is 0.827 bits per heavy atom. The Labute approximate surface area is 318 Å². The van der Waals surface area contributed by atoms with Crippen molar-refractivity contribution in [1.82, 2.24) is 4.57 Å². The van der Waals surface area contributed by atoms with Crippen molar-refractivity contribution in [3.05, 3.63) is 12.1 Å². The second kappa shape index (κ2) is 32.0. The molecule has 0 radical (unpaired) electrons. The molecule has 0 spiro atoms. The molecule has 0 aliphatic carbocycles. The zero-order valence-corrected chi connectivity index (χ0v) is 33.7. The maximum absolute atomic E-state index is 13.9. The molecule has 0 aliphatic rings. The third-order valence-corrected chi connectivity index (χ3v) is 11.0. The molecule has 2 N–H and O–H groups in total. The van der Waals surface area contributed by atoms with Gasteiger partial charge in [-0.2, -0.15) is 0 Å². The SMILES string of the molecule is CCCCCCCCCCCCCCCCCC(=O)C(=O)C(CCC=O)(C(=O)CCCCCCCCCCCCCCCCC)n1c(O)ccc1O. The van der Waals surface area contributed by atoms with Gasteiger partial charge in [-0.25, -0.2) is 0 Å². The van der Waals surface area contributed by atoms with Gasteiger partial charge in [0.15, 0.2) is 23.1 Å². The van der Waals surface area contributed by atoms with E-state index in [-0.39, 0.29) is 25.7 Å². The number of carbonyl (C=O) groups is 4. The van der Waals surface area contributed by atoms with Gasteiger partial charge in [0.1, 0.15) is 6.29 Å². The summed E-state index contributed by atoms with van der Waals surface area (Å²) in [5.74, 6) is -3.09. The van der Waals surface area contributed by atoms with Crippen LogP contribution in [0.1, 0.15) is 232 Å². The summed E-state index contributed by atoms with van der Waals surface area (Å²) in [6.45, 7) is 4.50. The molecule has 1 heterocycles. The minimum absolute atomic E-state index is 0.00889. The van der Waals surface area contributed by atoms with Crippen LogP contribution in [0.25, 0.3) is 0 Å². The molecule has 1 rings (SSSR count). The van der Waals surface area contributed by atoms with E-state index in [9.17, 15) is 29.4 Å². The zero-order chi connectivity index (χ0) is 38.1. The number of aromatic nitrogens is 1. The third kappa shape index (κ3) is 20.1. The molecule has 1 atom stereocenters. The van der Waals surface area contributed by atoms with E-state index in [1.807, 2.05) is 0 Å². The van der Waals surface area contributed by atoms with Crippen molar-refractivity contribution < 1.29 is 29.4 Å². The van der Waals surface area contributed by atoms with E-state index in [0.717, 1.165) is 43.1 Å². The number of carbonyl (C=O) groups excluding carboxylic acids is 4. The fourth-order valence-electron chi connectivity index (χ4n) is 7.66. The van der Waals surface area contributed by atoms with Crippen LogP contribution in [0, 0.1) is 0 Å². The number of aromatic hydroxyl groups is 2. The number of hydrogen-bond donors (Lipinski definition) is 2. The molecule has 0 aromatic carbocycles. The Morgan fingerprint density at radius 1 is 0.519 bits per heavy atom. The lowest BCUT2D eigenvalue weighted by molar-refractivity contribution is -0.148. The molecule has 7 nitrogen and oxygen atoms in total. The minimum atomic E-state index is -2.12. The molecular formula is C45H79NO6. The standard InChI is InChI=1S/C45H79NO6/c1-3-5-7-9-11-13-15-17-19-21-23-25-27-29-31-34-40(48)44(52)45(38-33-39-47,46-42(50)36-37-43(46)51)41(49)35-32-30-28-26-24-22-20-18-16-14-12-10-8-6-4-2/h36-37,39,50-51H,3-35,38H2,1-2H3. The summed E-state index contributed by atoms with van der Waals surface area (Å²) in [4.78, 5) is 52.7. The Morgan fingerprint density at radius 3 is 1.15 bits per heavy atom. The highest BCUT2D eigenvalue weighted by Gasteiger charge is 2.50. The van der Waals surface area contributed by atoms with E-state index in [0.29, 0.717) is 19.1 Å². The van der Waals surface area contributed by atoms with Crippen LogP contribution in [0.2, 0.25) is 0 Å². The third-order valence-electron chi connectivity index (χ3n) is 11.0. The van der Waals surface area contributed by atoms with Crippen molar-refractivity contribution in [2.45, 2.75) is 238 Å². The average Bonchev–Trinajstić information content (AvgIpc) is 3.48. The smallest absolute Gasteiger partial charge is 0.232 e. The molecule has 7 heteroatoms. The molecule has 0 bridgehead atoms. The van der Waals surface area contributed by atoms with Gasteiger partial charge in [-0.15, -0.1) is 0 Å². The fraction of sp³-hybridized carbons (Fsp3) is 0.822. The van der Waals surface area contributed by atoms with Gasteiger partial charge in [-0.05, 0) is 19.3 Å². The maximum atomic E-state index is 13.9. The number of hydrogen-bond acceptors (Lipinski definition) is 6. The molecule has 1 aromatic heterocycles. The molecule has 1 aromatic rings. The van der Waals surface area contributed by atoms with Crippen LogP contribution in [-0.2, 0) is 24.7 Å². The summed E-state index contributed by atoms with van der Waals surface area (Å²) in [6, 6.07) is 2.41. The zero-order valence-electron chi connectivity index (χ0n) is 33.7. The van der Waals surface area contributed by atoms with Crippen LogP contribution >= 0.6 is 0 Å². The summed E-state index contributed by atoms with van der Waals surface area (Å²) in [5, 5.41) is 21.3. The minimum Gasteiger partial charge on any atom is -0.494 e. The Hall–Kier alpha value is -2.44. The fourth-order valence-corrected chi connectivity index (χ4v) is 7.66. The highest BCUT2D eigenvalue weighted by atomic mass is 16.3. The first-order valence-corrected chi connectivity index (χ1v) is 22.0. The summed E-state index contributed by atoms with van der Waals surface area (Å²) in [5.41, 5.74) is -2.12. The number of rotatable bonds is 39. The van der Waals surface area contributed by atoms with Crippen LogP contribution in [0.3, 0.4) is 0 Å². The second-order valence-corrected chi connectivity index (χ2v) is 15.5. The van der Waals surface area contributed by atoms with Gasteiger partial charge in [0.2, 0.25) is 11.6 Å². The summed E-state index contributed by atoms with van der Waals surface area (Å²) < 4.78 is 0.886. The number of aldehydes is 1. The predicted molar refractivity (Wildman–Crippen MR) is 215 cm³/mol. The van der Waals surface area contributed by atoms with Crippen LogP contribution in [-0.4, -0.2) is 38.4 Å². The molecule has 0 saturated heterocycles. The molecule has 0 aliphatic heterocycles. The lowest BCUT2D eigenvalue weighted by Gasteiger charge is -2.32. The van der Waals surface area contributed by atoms with Crippen molar-refractivity contribution in [2.24, 2.45) is 0 Å². The molecule has 0 saturated carbocycles. The monoisotopic (exact) mass is 730 g/mol. The van der Waals surface area contributed by atoms with Crippen LogP contribution in [0.5, 0.6) is 11.8 Å². The van der Waals surface area contributed by atoms with Gasteiger partial charge in [0.25, 0.3) is 0 Å². The largest absolute Gasteiger partial charge is 0.494 e. The topological polar surface area (TPSA) is 114 Å². The van der Waals surface area contributed by atoms with Crippen LogP contribution in [0.15, 0.2) is 12.1 Å². The highest BCUT2D eigenvalue weighted by molar-refractivity contribution is 6.44. The number of Topliss-reactive ketones (excluding diaryl/α,β-unsaturated/α-hetero) is 3. The lowest BCUT2D eigenvalue weighted by Crippen LogP contribution is -2.51. The van der Waals surface area contributed by atoms with Gasteiger partial charge in [0.05, 0.1) is 0 Å². The molecule has 0 amide bonds. The lowest BCUT2D eigenvalue weighted by atomic mass is 9.79. The van der Waals surface area contributed by atoms with Gasteiger partial charge >= 0.3 is 0 Å². The maximum Gasteiger partial charge on any atom is 0.232 e. The van der Waals surface area contributed by atoms with E-state index in [1.54, 1.807) is 0 Å². The Balaban J connectivity index is 2.51. The molecule has 1 unspecified atom stereocenters. The predicted octanol–water partition coefficient (Wildman–Crippen LogP) is 12.8. The first kappa shape index (κ1) is 47.6. The average molecular weight is 730 g/mol. The number of unbranched alkanes of at least 4 members (excludes halogenated alkanes) is 28. The quantitative estimate of drug-likeness (QED) is 0.0302. The van der Waals surface area contributed by atoms with Crippen molar-refractivity contribution in [1.29, 1.82) is 0 Å². The summed E-state index contributed by atoms with van der Waals surface area (Å²) >= 11 is 0. The normalized spacial score (nSPS) is 12.6. The summed E-state index contributed by atoms with van der Waals surface area (Å²) in [6.07, 6.45) is 35.9. The highest BCUT2D eigenvalue weighted by Crippen LogP contribution is 2.38. The van der Waals surface area contributed by atoms with Crippen molar-refractivity contribution >= 4 is 23.6 Å². The summed E-state index contributed by atoms with van der Waals surface area (Å²) in [7, 11) is 0. The first-order chi connectivity index (χ1) is 25.4. The van der Waals surface area contributed by atoms with E-state index in [4.69, 9.17) is 0 Å². The molecule has 300 valence electrons. The number of nitrogens with zero attached hydrogens (tertiary/aromatic N) is 1. The second-order valence-electron chi connectivity index (χ2n) is 15.5. The van der Waals surface area contributed by atoms with E-state index in [1.165, 1.54) is 153 Å². The van der Waals surface area contributed by atoms with E-state index >= 15 is 0 Å². The van der Waals surface area contributed by atoms with Gasteiger partial charge < -0.3 is 15.0 Å². The van der Waals surface area contributed by atoms with E-state index in [2.05, 4.69) is 13.8 Å².